The number of anilines is 1. The summed E-state index contributed by atoms with van der Waals surface area (Å²) in [5, 5.41) is 2.59. The van der Waals surface area contributed by atoms with Gasteiger partial charge in [0.25, 0.3) is 5.91 Å². The smallest absolute Gasteiger partial charge is 0.337 e. The van der Waals surface area contributed by atoms with Gasteiger partial charge in [-0.3, -0.25) is 10.2 Å². The summed E-state index contributed by atoms with van der Waals surface area (Å²) in [7, 11) is 1.56. The van der Waals surface area contributed by atoms with Crippen molar-refractivity contribution in [2.45, 2.75) is 0 Å². The number of methoxy groups -OCH3 is 1. The SMILES string of the molecule is COc1ccc(C(=O)NNC(=O)Nc2ccccc2)cc1I. The highest BCUT2D eigenvalue weighted by atomic mass is 127. The van der Waals surface area contributed by atoms with Gasteiger partial charge in [0.15, 0.2) is 0 Å². The maximum absolute atomic E-state index is 12.0. The Morgan fingerprint density at radius 2 is 1.77 bits per heavy atom. The number of hydrazine groups is 1. The summed E-state index contributed by atoms with van der Waals surface area (Å²) in [6.45, 7) is 0. The van der Waals surface area contributed by atoms with Crippen LogP contribution < -0.4 is 20.9 Å². The number of urea groups is 1. The molecule has 0 aliphatic carbocycles. The lowest BCUT2D eigenvalue weighted by atomic mass is 10.2. The molecule has 0 aliphatic heterocycles. The third-order valence-corrected chi connectivity index (χ3v) is 3.58. The van der Waals surface area contributed by atoms with E-state index < -0.39 is 11.9 Å². The van der Waals surface area contributed by atoms with Gasteiger partial charge in [-0.25, -0.2) is 10.2 Å². The molecule has 0 bridgehead atoms. The summed E-state index contributed by atoms with van der Waals surface area (Å²) in [5.74, 6) is 0.274. The van der Waals surface area contributed by atoms with Crippen molar-refractivity contribution in [1.29, 1.82) is 0 Å². The maximum atomic E-state index is 12.0. The second kappa shape index (κ2) is 7.64. The molecular formula is C15H14IN3O3. The number of amides is 3. The molecular weight excluding hydrogens is 397 g/mol. The third-order valence-electron chi connectivity index (χ3n) is 2.74. The number of ether oxygens (including phenoxy) is 1. The number of halogens is 1. The van der Waals surface area contributed by atoms with Gasteiger partial charge in [-0.1, -0.05) is 18.2 Å². The number of rotatable bonds is 3. The van der Waals surface area contributed by atoms with Gasteiger partial charge in [0, 0.05) is 11.3 Å². The highest BCUT2D eigenvalue weighted by Gasteiger charge is 2.10. The number of para-hydroxylation sites is 1. The van der Waals surface area contributed by atoms with Gasteiger partial charge in [-0.15, -0.1) is 0 Å². The quantitative estimate of drug-likeness (QED) is 0.537. The van der Waals surface area contributed by atoms with Crippen LogP contribution in [0.15, 0.2) is 48.5 Å². The first kappa shape index (κ1) is 16.1. The first-order valence-electron chi connectivity index (χ1n) is 6.36. The molecule has 2 aromatic carbocycles. The standard InChI is InChI=1S/C15H14IN3O3/c1-22-13-8-7-10(9-12(13)16)14(20)18-19-15(21)17-11-5-3-2-4-6-11/h2-9H,1H3,(H,18,20)(H2,17,19,21). The van der Waals surface area contributed by atoms with Crippen LogP contribution in [0.5, 0.6) is 5.75 Å². The predicted octanol–water partition coefficient (Wildman–Crippen LogP) is 2.77. The van der Waals surface area contributed by atoms with E-state index in [9.17, 15) is 9.59 Å². The van der Waals surface area contributed by atoms with Crippen molar-refractivity contribution >= 4 is 40.2 Å². The van der Waals surface area contributed by atoms with Crippen LogP contribution in [0.25, 0.3) is 0 Å². The van der Waals surface area contributed by atoms with Crippen molar-refractivity contribution in [1.82, 2.24) is 10.9 Å². The number of benzene rings is 2. The summed E-state index contributed by atoms with van der Waals surface area (Å²) < 4.78 is 5.93. The molecule has 22 heavy (non-hydrogen) atoms. The van der Waals surface area contributed by atoms with E-state index in [1.165, 1.54) is 0 Å². The molecule has 6 nitrogen and oxygen atoms in total. The zero-order chi connectivity index (χ0) is 15.9. The first-order chi connectivity index (χ1) is 10.6. The fraction of sp³-hybridized carbons (Fsp3) is 0.0667. The van der Waals surface area contributed by atoms with Gasteiger partial charge >= 0.3 is 6.03 Å². The third kappa shape index (κ3) is 4.35. The number of carbonyl (C=O) groups is 2. The number of carbonyl (C=O) groups excluding carboxylic acids is 2. The minimum atomic E-state index is -0.525. The van der Waals surface area contributed by atoms with Gasteiger partial charge in [0.1, 0.15) is 5.75 Å². The molecule has 0 saturated heterocycles. The molecule has 7 heteroatoms. The van der Waals surface area contributed by atoms with Gasteiger partial charge in [-0.05, 0) is 52.9 Å². The van der Waals surface area contributed by atoms with Gasteiger partial charge < -0.3 is 10.1 Å². The second-order valence-corrected chi connectivity index (χ2v) is 5.41. The van der Waals surface area contributed by atoms with E-state index in [-0.39, 0.29) is 0 Å². The average Bonchev–Trinajstić information content (AvgIpc) is 2.53. The molecule has 0 spiro atoms. The number of hydrogen-bond acceptors (Lipinski definition) is 3. The van der Waals surface area contributed by atoms with Gasteiger partial charge in [0.2, 0.25) is 0 Å². The Bertz CT molecular complexity index is 677. The van der Waals surface area contributed by atoms with E-state index in [1.54, 1.807) is 49.6 Å². The zero-order valence-corrected chi connectivity index (χ0v) is 13.9. The lowest BCUT2D eigenvalue weighted by Gasteiger charge is -2.10. The Morgan fingerprint density at radius 3 is 2.41 bits per heavy atom. The highest BCUT2D eigenvalue weighted by Crippen LogP contribution is 2.21. The fourth-order valence-corrected chi connectivity index (χ4v) is 2.41. The molecule has 3 amide bonds. The van der Waals surface area contributed by atoms with Crippen molar-refractivity contribution in [3.05, 3.63) is 57.7 Å². The summed E-state index contributed by atoms with van der Waals surface area (Å²) >= 11 is 2.07. The topological polar surface area (TPSA) is 79.5 Å². The lowest BCUT2D eigenvalue weighted by Crippen LogP contribution is -2.43. The van der Waals surface area contributed by atoms with Crippen molar-refractivity contribution in [3.63, 3.8) is 0 Å². The van der Waals surface area contributed by atoms with Gasteiger partial charge in [0.05, 0.1) is 10.7 Å². The Balaban J connectivity index is 1.89. The lowest BCUT2D eigenvalue weighted by molar-refractivity contribution is 0.0938. The van der Waals surface area contributed by atoms with E-state index in [0.717, 1.165) is 3.57 Å². The number of hydrogen-bond donors (Lipinski definition) is 3. The minimum Gasteiger partial charge on any atom is -0.496 e. The Morgan fingerprint density at radius 1 is 1.05 bits per heavy atom. The molecule has 3 N–H and O–H groups in total. The number of nitrogens with one attached hydrogen (secondary N) is 3. The minimum absolute atomic E-state index is 0.413. The van der Waals surface area contributed by atoms with Crippen molar-refractivity contribution in [2.24, 2.45) is 0 Å². The molecule has 0 aliphatic rings. The van der Waals surface area contributed by atoms with Crippen LogP contribution in [0, 0.1) is 3.57 Å². The van der Waals surface area contributed by atoms with Crippen LogP contribution in [0.2, 0.25) is 0 Å². The van der Waals surface area contributed by atoms with Crippen LogP contribution in [0.3, 0.4) is 0 Å². The van der Waals surface area contributed by atoms with Gasteiger partial charge in [-0.2, -0.15) is 0 Å². The molecule has 0 saturated carbocycles. The first-order valence-corrected chi connectivity index (χ1v) is 7.44. The van der Waals surface area contributed by atoms with E-state index >= 15 is 0 Å². The molecule has 2 rings (SSSR count). The summed E-state index contributed by atoms with van der Waals surface area (Å²) in [5.41, 5.74) is 5.69. The van der Waals surface area contributed by atoms with E-state index in [0.29, 0.717) is 17.0 Å². The van der Waals surface area contributed by atoms with Crippen molar-refractivity contribution in [3.8, 4) is 5.75 Å². The van der Waals surface area contributed by atoms with Crippen LogP contribution in [0.4, 0.5) is 10.5 Å². The van der Waals surface area contributed by atoms with Crippen molar-refractivity contribution < 1.29 is 14.3 Å². The maximum Gasteiger partial charge on any atom is 0.337 e. The van der Waals surface area contributed by atoms with Crippen LogP contribution in [-0.2, 0) is 0 Å². The van der Waals surface area contributed by atoms with Crippen LogP contribution in [0.1, 0.15) is 10.4 Å². The molecule has 0 fully saturated rings. The van der Waals surface area contributed by atoms with Crippen LogP contribution >= 0.6 is 22.6 Å². The summed E-state index contributed by atoms with van der Waals surface area (Å²) in [6, 6.07) is 13.4. The summed E-state index contributed by atoms with van der Waals surface area (Å²) in [6.07, 6.45) is 0. The van der Waals surface area contributed by atoms with Crippen LogP contribution in [-0.4, -0.2) is 19.0 Å². The Kier molecular flexibility index (Phi) is 5.59. The Hall–Kier alpha value is -2.29. The molecule has 114 valence electrons. The predicted molar refractivity (Wildman–Crippen MR) is 91.8 cm³/mol. The largest absolute Gasteiger partial charge is 0.496 e. The fourth-order valence-electron chi connectivity index (χ4n) is 1.68. The zero-order valence-electron chi connectivity index (χ0n) is 11.7. The highest BCUT2D eigenvalue weighted by molar-refractivity contribution is 14.1. The van der Waals surface area contributed by atoms with E-state index in [4.69, 9.17) is 4.74 Å². The molecule has 2 aromatic rings. The molecule has 0 unspecified atom stereocenters. The molecule has 0 radical (unpaired) electrons. The molecule has 0 atom stereocenters. The average molecular weight is 411 g/mol. The Labute approximate surface area is 141 Å². The van der Waals surface area contributed by atoms with E-state index in [1.807, 2.05) is 6.07 Å². The summed E-state index contributed by atoms with van der Waals surface area (Å²) in [4.78, 5) is 23.6. The second-order valence-electron chi connectivity index (χ2n) is 4.25. The van der Waals surface area contributed by atoms with E-state index in [2.05, 4.69) is 38.8 Å². The molecule has 0 aromatic heterocycles. The molecule has 0 heterocycles. The normalized spacial score (nSPS) is 9.73. The monoisotopic (exact) mass is 411 g/mol. The van der Waals surface area contributed by atoms with Crippen molar-refractivity contribution in [2.75, 3.05) is 12.4 Å².